The van der Waals surface area contributed by atoms with Crippen molar-refractivity contribution in [3.05, 3.63) is 58.0 Å². The monoisotopic (exact) mass is 453 g/mol. The molecule has 1 aromatic heterocycles. The molecule has 1 saturated carbocycles. The number of fused-ring (bicyclic) bond motifs is 2. The molecule has 0 atom stereocenters. The van der Waals surface area contributed by atoms with Gasteiger partial charge in [0.15, 0.2) is 0 Å². The number of rotatable bonds is 5. The molecule has 0 spiro atoms. The molecule has 1 fully saturated rings. The number of sulfonamides is 1. The molecule has 0 unspecified atom stereocenters. The lowest BCUT2D eigenvalue weighted by Crippen LogP contribution is -2.31. The fourth-order valence-corrected chi connectivity index (χ4v) is 5.18. The minimum absolute atomic E-state index is 0.0716. The number of aromatic amines is 1. The highest BCUT2D eigenvalue weighted by Gasteiger charge is 2.30. The van der Waals surface area contributed by atoms with Gasteiger partial charge in [-0.3, -0.25) is 9.56 Å². The van der Waals surface area contributed by atoms with Gasteiger partial charge in [0.1, 0.15) is 12.5 Å². The lowest BCUT2D eigenvalue weighted by Gasteiger charge is -2.26. The normalized spacial score (nSPS) is 17.4. The molecular weight excluding hydrogens is 433 g/mol. The summed E-state index contributed by atoms with van der Waals surface area (Å²) >= 11 is 0. The molecule has 1 aliphatic carbocycles. The minimum Gasteiger partial charge on any atom is -0.423 e. The van der Waals surface area contributed by atoms with Crippen LogP contribution in [0.1, 0.15) is 36.4 Å². The van der Waals surface area contributed by atoms with Crippen molar-refractivity contribution in [3.8, 4) is 0 Å². The molecule has 4 N–H and O–H groups in total. The third kappa shape index (κ3) is 3.55. The number of hydrogen-bond donors (Lipinski definition) is 4. The lowest BCUT2D eigenvalue weighted by atomic mass is 9.80. The average Bonchev–Trinajstić information content (AvgIpc) is 3.17. The van der Waals surface area contributed by atoms with Crippen LogP contribution in [0, 0.1) is 0 Å². The molecular formula is C20H20BN5O5S. The van der Waals surface area contributed by atoms with Gasteiger partial charge >= 0.3 is 12.8 Å². The predicted octanol–water partition coefficient (Wildman–Crippen LogP) is -0.150. The Morgan fingerprint density at radius 1 is 1.25 bits per heavy atom. The van der Waals surface area contributed by atoms with Gasteiger partial charge in [0.25, 0.3) is 10.0 Å². The number of nitrogens with zero attached hydrogens (tertiary/aromatic N) is 3. The van der Waals surface area contributed by atoms with Crippen molar-refractivity contribution < 1.29 is 18.5 Å². The molecule has 2 aliphatic rings. The zero-order chi connectivity index (χ0) is 22.5. The average molecular weight is 453 g/mol. The Labute approximate surface area is 183 Å². The van der Waals surface area contributed by atoms with Crippen LogP contribution in [0.25, 0.3) is 11.0 Å². The molecule has 12 heteroatoms. The molecule has 2 aromatic carbocycles. The van der Waals surface area contributed by atoms with E-state index in [2.05, 4.69) is 19.7 Å². The van der Waals surface area contributed by atoms with Crippen molar-refractivity contribution in [1.29, 1.82) is 0 Å². The Morgan fingerprint density at radius 3 is 2.78 bits per heavy atom. The first kappa shape index (κ1) is 20.7. The number of amidine groups is 1. The fraction of sp³-hybridized carbons (Fsp3) is 0.250. The first-order chi connectivity index (χ1) is 15.3. The highest BCUT2D eigenvalue weighted by molar-refractivity contribution is 7.90. The van der Waals surface area contributed by atoms with Crippen LogP contribution < -0.4 is 16.5 Å². The summed E-state index contributed by atoms with van der Waals surface area (Å²) in [6.07, 6.45) is 4.77. The molecule has 0 bridgehead atoms. The van der Waals surface area contributed by atoms with E-state index in [0.29, 0.717) is 5.56 Å². The molecule has 10 nitrogen and oxygen atoms in total. The van der Waals surface area contributed by atoms with Gasteiger partial charge in [0, 0.05) is 17.8 Å². The molecule has 0 radical (unpaired) electrons. The first-order valence-corrected chi connectivity index (χ1v) is 11.6. The predicted molar refractivity (Wildman–Crippen MR) is 121 cm³/mol. The molecule has 2 heterocycles. The number of H-pyrrole nitrogens is 1. The smallest absolute Gasteiger partial charge is 0.423 e. The Hall–Kier alpha value is -3.22. The highest BCUT2D eigenvalue weighted by atomic mass is 32.2. The van der Waals surface area contributed by atoms with Crippen molar-refractivity contribution >= 4 is 45.7 Å². The molecule has 1 aliphatic heterocycles. The van der Waals surface area contributed by atoms with Crippen LogP contribution in [0.2, 0.25) is 0 Å². The number of aliphatic imine (C=N–C) groups is 1. The lowest BCUT2D eigenvalue weighted by molar-refractivity contribution is 0.314. The second-order valence-electron chi connectivity index (χ2n) is 7.85. The molecule has 3 aromatic rings. The van der Waals surface area contributed by atoms with E-state index in [1.54, 1.807) is 10.8 Å². The maximum atomic E-state index is 12.3. The van der Waals surface area contributed by atoms with Gasteiger partial charge in [-0.15, -0.1) is 4.40 Å². The zero-order valence-corrected chi connectivity index (χ0v) is 17.7. The van der Waals surface area contributed by atoms with E-state index >= 15 is 0 Å². The van der Waals surface area contributed by atoms with E-state index in [1.165, 1.54) is 18.2 Å². The van der Waals surface area contributed by atoms with E-state index in [1.807, 2.05) is 18.2 Å². The summed E-state index contributed by atoms with van der Waals surface area (Å²) in [6, 6.07) is 9.94. The quantitative estimate of drug-likeness (QED) is 0.312. The summed E-state index contributed by atoms with van der Waals surface area (Å²) in [5.41, 5.74) is 2.77. The summed E-state index contributed by atoms with van der Waals surface area (Å²) in [4.78, 5) is 19.4. The van der Waals surface area contributed by atoms with E-state index in [-0.39, 0.29) is 34.6 Å². The molecule has 164 valence electrons. The molecule has 0 saturated heterocycles. The number of imidazole rings is 1. The van der Waals surface area contributed by atoms with Gasteiger partial charge in [-0.25, -0.2) is 4.79 Å². The standard InChI is InChI=1S/C20H20BN5O5S/c27-20-24-16-7-4-12(8-17(16)26(20)14-2-1-3-14)10-22-11-23-19-15-6-5-13(21(28)29)9-18(15)32(30,31)25-19/h4-10,14,28-29H,1-3,11H2,(H,23,25)(H,24,27)/b22-10+. The van der Waals surface area contributed by atoms with Crippen molar-refractivity contribution in [2.75, 3.05) is 6.67 Å². The first-order valence-electron chi connectivity index (χ1n) is 10.2. The maximum Gasteiger partial charge on any atom is 0.488 e. The van der Waals surface area contributed by atoms with Gasteiger partial charge in [0.2, 0.25) is 0 Å². The summed E-state index contributed by atoms with van der Waals surface area (Å²) < 4.78 is 30.1. The van der Waals surface area contributed by atoms with Crippen LogP contribution in [-0.4, -0.2) is 53.9 Å². The SMILES string of the molecule is O=c1[nH]c2ccc(/C=N/CNC3=NS(=O)(=O)c4cc(B(O)O)ccc43)cc2n1C1CCC1. The second-order valence-corrected chi connectivity index (χ2v) is 9.42. The van der Waals surface area contributed by atoms with Crippen molar-refractivity contribution in [1.82, 2.24) is 14.9 Å². The Morgan fingerprint density at radius 2 is 2.06 bits per heavy atom. The summed E-state index contributed by atoms with van der Waals surface area (Å²) in [7, 11) is -5.68. The minimum atomic E-state index is -3.92. The van der Waals surface area contributed by atoms with Crippen LogP contribution in [0.15, 0.2) is 55.5 Å². The van der Waals surface area contributed by atoms with Crippen molar-refractivity contribution in [2.45, 2.75) is 30.2 Å². The third-order valence-corrected chi connectivity index (χ3v) is 7.12. The largest absolute Gasteiger partial charge is 0.488 e. The second kappa shape index (κ2) is 7.73. The Balaban J connectivity index is 1.33. The zero-order valence-electron chi connectivity index (χ0n) is 16.9. The van der Waals surface area contributed by atoms with Crippen LogP contribution in [0.3, 0.4) is 0 Å². The molecule has 0 amide bonds. The van der Waals surface area contributed by atoms with Gasteiger partial charge in [-0.1, -0.05) is 18.2 Å². The molecule has 32 heavy (non-hydrogen) atoms. The van der Waals surface area contributed by atoms with Crippen LogP contribution in [0.4, 0.5) is 0 Å². The van der Waals surface area contributed by atoms with Crippen LogP contribution >= 0.6 is 0 Å². The summed E-state index contributed by atoms with van der Waals surface area (Å²) in [5.74, 6) is 0.149. The number of nitrogens with one attached hydrogen (secondary N) is 2. The maximum absolute atomic E-state index is 12.3. The Bertz CT molecular complexity index is 1440. The van der Waals surface area contributed by atoms with Gasteiger partial charge in [-0.2, -0.15) is 8.42 Å². The highest BCUT2D eigenvalue weighted by Crippen LogP contribution is 2.32. The van der Waals surface area contributed by atoms with Gasteiger partial charge in [0.05, 0.1) is 15.9 Å². The fourth-order valence-electron chi connectivity index (χ4n) is 3.95. The number of hydrogen-bond acceptors (Lipinski definition) is 7. The molecule has 5 rings (SSSR count). The van der Waals surface area contributed by atoms with Crippen molar-refractivity contribution in [2.24, 2.45) is 9.39 Å². The number of benzene rings is 2. The number of aromatic nitrogens is 2. The summed E-state index contributed by atoms with van der Waals surface area (Å²) in [6.45, 7) is 0.0821. The van der Waals surface area contributed by atoms with E-state index in [0.717, 1.165) is 35.9 Å². The van der Waals surface area contributed by atoms with Gasteiger partial charge < -0.3 is 20.3 Å². The van der Waals surface area contributed by atoms with E-state index < -0.39 is 17.1 Å². The van der Waals surface area contributed by atoms with Crippen LogP contribution in [-0.2, 0) is 10.0 Å². The van der Waals surface area contributed by atoms with E-state index in [4.69, 9.17) is 0 Å². The van der Waals surface area contributed by atoms with Gasteiger partial charge in [-0.05, 0) is 48.5 Å². The van der Waals surface area contributed by atoms with Crippen molar-refractivity contribution in [3.63, 3.8) is 0 Å². The summed E-state index contributed by atoms with van der Waals surface area (Å²) in [5, 5.41) is 21.4. The van der Waals surface area contributed by atoms with Crippen LogP contribution in [0.5, 0.6) is 0 Å². The Kier molecular flexibility index (Phi) is 4.99. The topological polar surface area (TPSA) is 149 Å². The third-order valence-electron chi connectivity index (χ3n) is 5.81. The van der Waals surface area contributed by atoms with E-state index in [9.17, 15) is 23.3 Å².